The Morgan fingerprint density at radius 3 is 2.91 bits per heavy atom. The van der Waals surface area contributed by atoms with Crippen LogP contribution in [0.3, 0.4) is 0 Å². The molecular formula is C15H21BrN4O2. The van der Waals surface area contributed by atoms with Gasteiger partial charge >= 0.3 is 6.03 Å². The Labute approximate surface area is 138 Å². The standard InChI is InChI=1S/C15H21BrN4O2/c1-22-14-10(6-11(16)8-17-14)7-18-15(21)19-9-13-4-5-20(13)12-2-3-12/h6,8,12-13H,2-5,7,9H2,1H3,(H2,18,19,21). The van der Waals surface area contributed by atoms with Crippen molar-refractivity contribution in [2.45, 2.75) is 37.9 Å². The molecule has 2 fully saturated rings. The molecule has 1 aliphatic carbocycles. The van der Waals surface area contributed by atoms with Crippen LogP contribution in [0.15, 0.2) is 16.7 Å². The van der Waals surface area contributed by atoms with Crippen LogP contribution in [-0.2, 0) is 6.54 Å². The summed E-state index contributed by atoms with van der Waals surface area (Å²) in [5, 5.41) is 5.81. The highest BCUT2D eigenvalue weighted by atomic mass is 79.9. The summed E-state index contributed by atoms with van der Waals surface area (Å²) in [6.45, 7) is 2.29. The van der Waals surface area contributed by atoms with Crippen molar-refractivity contribution in [2.24, 2.45) is 0 Å². The van der Waals surface area contributed by atoms with Crippen molar-refractivity contribution in [3.8, 4) is 5.88 Å². The van der Waals surface area contributed by atoms with Gasteiger partial charge in [-0.15, -0.1) is 0 Å². The number of hydrogen-bond donors (Lipinski definition) is 2. The second kappa shape index (κ2) is 6.83. The number of halogens is 1. The van der Waals surface area contributed by atoms with Crippen LogP contribution in [-0.4, -0.2) is 48.2 Å². The summed E-state index contributed by atoms with van der Waals surface area (Å²) in [5.74, 6) is 0.530. The molecule has 22 heavy (non-hydrogen) atoms. The number of hydrogen-bond acceptors (Lipinski definition) is 4. The SMILES string of the molecule is COc1ncc(Br)cc1CNC(=O)NCC1CCN1C1CC1. The van der Waals surface area contributed by atoms with Crippen LogP contribution in [0.25, 0.3) is 0 Å². The van der Waals surface area contributed by atoms with Crippen molar-refractivity contribution >= 4 is 22.0 Å². The molecule has 1 saturated carbocycles. The van der Waals surface area contributed by atoms with Crippen molar-refractivity contribution < 1.29 is 9.53 Å². The first kappa shape index (κ1) is 15.6. The Balaban J connectivity index is 1.43. The second-order valence-corrected chi connectivity index (χ2v) is 6.71. The van der Waals surface area contributed by atoms with Gasteiger partial charge in [-0.25, -0.2) is 9.78 Å². The molecular weight excluding hydrogens is 348 g/mol. The minimum Gasteiger partial charge on any atom is -0.481 e. The highest BCUT2D eigenvalue weighted by molar-refractivity contribution is 9.10. The quantitative estimate of drug-likeness (QED) is 0.804. The predicted octanol–water partition coefficient (Wildman–Crippen LogP) is 1.89. The van der Waals surface area contributed by atoms with Crippen LogP contribution < -0.4 is 15.4 Å². The van der Waals surface area contributed by atoms with Crippen molar-refractivity contribution in [3.05, 3.63) is 22.3 Å². The molecule has 2 heterocycles. The molecule has 1 aromatic rings. The van der Waals surface area contributed by atoms with E-state index in [2.05, 4.69) is 36.4 Å². The van der Waals surface area contributed by atoms with Gasteiger partial charge < -0.3 is 15.4 Å². The number of aromatic nitrogens is 1. The smallest absolute Gasteiger partial charge is 0.315 e. The second-order valence-electron chi connectivity index (χ2n) is 5.80. The Morgan fingerprint density at radius 2 is 2.27 bits per heavy atom. The van der Waals surface area contributed by atoms with E-state index in [9.17, 15) is 4.79 Å². The van der Waals surface area contributed by atoms with Gasteiger partial charge in [0, 0.05) is 48.0 Å². The zero-order valence-electron chi connectivity index (χ0n) is 12.6. The molecule has 1 aromatic heterocycles. The van der Waals surface area contributed by atoms with Gasteiger partial charge in [0.25, 0.3) is 0 Å². The third-order valence-corrected chi connectivity index (χ3v) is 4.66. The molecule has 0 radical (unpaired) electrons. The summed E-state index contributed by atoms with van der Waals surface area (Å²) in [4.78, 5) is 18.6. The molecule has 3 rings (SSSR count). The Bertz CT molecular complexity index is 550. The number of nitrogens with zero attached hydrogens (tertiary/aromatic N) is 2. The lowest BCUT2D eigenvalue weighted by Crippen LogP contribution is -2.55. The van der Waals surface area contributed by atoms with E-state index in [-0.39, 0.29) is 6.03 Å². The van der Waals surface area contributed by atoms with E-state index in [1.807, 2.05) is 6.07 Å². The summed E-state index contributed by atoms with van der Waals surface area (Å²) in [6.07, 6.45) is 5.49. The molecule has 0 bridgehead atoms. The molecule has 120 valence electrons. The van der Waals surface area contributed by atoms with E-state index in [4.69, 9.17) is 4.74 Å². The Morgan fingerprint density at radius 1 is 1.45 bits per heavy atom. The van der Waals surface area contributed by atoms with Gasteiger partial charge in [0.1, 0.15) is 0 Å². The zero-order chi connectivity index (χ0) is 15.5. The van der Waals surface area contributed by atoms with Crippen molar-refractivity contribution in [1.82, 2.24) is 20.5 Å². The topological polar surface area (TPSA) is 66.5 Å². The fourth-order valence-corrected chi connectivity index (χ4v) is 3.17. The summed E-state index contributed by atoms with van der Waals surface area (Å²) in [6, 6.07) is 3.04. The molecule has 1 atom stereocenters. The highest BCUT2D eigenvalue weighted by Gasteiger charge is 2.39. The van der Waals surface area contributed by atoms with Gasteiger partial charge in [0.05, 0.1) is 7.11 Å². The molecule has 1 aliphatic heterocycles. The number of nitrogens with one attached hydrogen (secondary N) is 2. The molecule has 0 spiro atoms. The summed E-state index contributed by atoms with van der Waals surface area (Å²) >= 11 is 3.37. The maximum Gasteiger partial charge on any atom is 0.315 e. The summed E-state index contributed by atoms with van der Waals surface area (Å²) in [7, 11) is 1.57. The van der Waals surface area contributed by atoms with E-state index >= 15 is 0 Å². The maximum absolute atomic E-state index is 11.9. The first-order valence-corrected chi connectivity index (χ1v) is 8.42. The van der Waals surface area contributed by atoms with Crippen LogP contribution in [0.1, 0.15) is 24.8 Å². The van der Waals surface area contributed by atoms with Crippen molar-refractivity contribution in [2.75, 3.05) is 20.2 Å². The average molecular weight is 369 g/mol. The van der Waals surface area contributed by atoms with Gasteiger partial charge in [-0.1, -0.05) is 0 Å². The fraction of sp³-hybridized carbons (Fsp3) is 0.600. The monoisotopic (exact) mass is 368 g/mol. The highest BCUT2D eigenvalue weighted by Crippen LogP contribution is 2.34. The minimum absolute atomic E-state index is 0.148. The maximum atomic E-state index is 11.9. The van der Waals surface area contributed by atoms with E-state index < -0.39 is 0 Å². The lowest BCUT2D eigenvalue weighted by atomic mass is 10.0. The number of carbonyl (C=O) groups is 1. The number of amides is 2. The first-order valence-electron chi connectivity index (χ1n) is 7.63. The van der Waals surface area contributed by atoms with E-state index in [0.717, 1.165) is 22.6 Å². The predicted molar refractivity (Wildman–Crippen MR) is 86.9 cm³/mol. The third-order valence-electron chi connectivity index (χ3n) is 4.23. The van der Waals surface area contributed by atoms with E-state index in [1.165, 1.54) is 25.8 Å². The first-order chi connectivity index (χ1) is 10.7. The average Bonchev–Trinajstić information content (AvgIpc) is 3.29. The van der Waals surface area contributed by atoms with Gasteiger partial charge in [-0.3, -0.25) is 4.90 Å². The molecule has 2 amide bonds. The minimum atomic E-state index is -0.148. The molecule has 1 unspecified atom stereocenters. The van der Waals surface area contributed by atoms with Crippen LogP contribution in [0.5, 0.6) is 5.88 Å². The van der Waals surface area contributed by atoms with Crippen LogP contribution in [0.4, 0.5) is 4.79 Å². The molecule has 2 aliphatic rings. The Kier molecular flexibility index (Phi) is 4.83. The van der Waals surface area contributed by atoms with Crippen LogP contribution in [0, 0.1) is 0 Å². The Hall–Kier alpha value is -1.34. The van der Waals surface area contributed by atoms with E-state index in [0.29, 0.717) is 18.5 Å². The van der Waals surface area contributed by atoms with Gasteiger partial charge in [-0.05, 0) is 41.3 Å². The molecule has 6 nitrogen and oxygen atoms in total. The molecule has 7 heteroatoms. The van der Waals surface area contributed by atoms with Crippen LogP contribution >= 0.6 is 15.9 Å². The normalized spacial score (nSPS) is 21.1. The summed E-state index contributed by atoms with van der Waals surface area (Å²) in [5.41, 5.74) is 0.843. The number of likely N-dealkylation sites (tertiary alicyclic amines) is 1. The number of rotatable bonds is 6. The molecule has 0 aromatic carbocycles. The number of pyridine rings is 1. The van der Waals surface area contributed by atoms with Gasteiger partial charge in [0.15, 0.2) is 0 Å². The number of ether oxygens (including phenoxy) is 1. The zero-order valence-corrected chi connectivity index (χ0v) is 14.2. The third kappa shape index (κ3) is 3.70. The number of methoxy groups -OCH3 is 1. The fourth-order valence-electron chi connectivity index (χ4n) is 2.79. The molecule has 1 saturated heterocycles. The van der Waals surface area contributed by atoms with Gasteiger partial charge in [0.2, 0.25) is 5.88 Å². The van der Waals surface area contributed by atoms with Crippen molar-refractivity contribution in [3.63, 3.8) is 0 Å². The lowest BCUT2D eigenvalue weighted by molar-refractivity contribution is 0.0823. The van der Waals surface area contributed by atoms with Crippen LogP contribution in [0.2, 0.25) is 0 Å². The largest absolute Gasteiger partial charge is 0.481 e. The van der Waals surface area contributed by atoms with Crippen molar-refractivity contribution in [1.29, 1.82) is 0 Å². The number of carbonyl (C=O) groups excluding carboxylic acids is 1. The van der Waals surface area contributed by atoms with E-state index in [1.54, 1.807) is 13.3 Å². The lowest BCUT2D eigenvalue weighted by Gasteiger charge is -2.41. The summed E-state index contributed by atoms with van der Waals surface area (Å²) < 4.78 is 6.06. The van der Waals surface area contributed by atoms with Gasteiger partial charge in [-0.2, -0.15) is 0 Å². The number of urea groups is 1. The molecule has 2 N–H and O–H groups in total.